The van der Waals surface area contributed by atoms with Crippen molar-refractivity contribution in [3.63, 3.8) is 0 Å². The van der Waals surface area contributed by atoms with Crippen LogP contribution < -0.4 is 0 Å². The number of esters is 1. The first-order valence-corrected chi connectivity index (χ1v) is 5.58. The Morgan fingerprint density at radius 3 is 2.00 bits per heavy atom. The summed E-state index contributed by atoms with van der Waals surface area (Å²) in [6.45, 7) is 0. The molecule has 0 saturated carbocycles. The molecule has 2 rings (SSSR count). The lowest BCUT2D eigenvalue weighted by molar-refractivity contribution is -0.144. The molecule has 0 radical (unpaired) electrons. The smallest absolute Gasteiger partial charge is 0.338 e. The average Bonchev–Trinajstić information content (AvgIpc) is 2.50. The number of aromatic nitrogens is 2. The lowest BCUT2D eigenvalue weighted by atomic mass is 9.81. The number of nitriles is 1. The van der Waals surface area contributed by atoms with E-state index >= 15 is 0 Å². The molecule has 5 nitrogen and oxygen atoms in total. The number of hydrogen-bond donors (Lipinski definition) is 0. The van der Waals surface area contributed by atoms with E-state index in [-0.39, 0.29) is 0 Å². The molecule has 0 spiro atoms. The minimum atomic E-state index is -1.64. The third-order valence-electron chi connectivity index (χ3n) is 2.76. The minimum absolute atomic E-state index is 0.294. The Hall–Kier alpha value is -2.74. The van der Waals surface area contributed by atoms with Crippen LogP contribution in [-0.4, -0.2) is 23.0 Å². The van der Waals surface area contributed by atoms with Gasteiger partial charge in [-0.15, -0.1) is 0 Å². The maximum Gasteiger partial charge on any atom is 0.338 e. The van der Waals surface area contributed by atoms with Crippen LogP contribution in [0.25, 0.3) is 0 Å². The van der Waals surface area contributed by atoms with Gasteiger partial charge < -0.3 is 4.74 Å². The van der Waals surface area contributed by atoms with Crippen molar-refractivity contribution < 1.29 is 9.53 Å². The SMILES string of the molecule is COC(=O)C(C#N)(c1ccccn1)c1ccccn1. The highest BCUT2D eigenvalue weighted by Gasteiger charge is 2.46. The van der Waals surface area contributed by atoms with E-state index in [9.17, 15) is 10.1 Å². The molecule has 0 aromatic carbocycles. The van der Waals surface area contributed by atoms with E-state index in [0.717, 1.165) is 0 Å². The van der Waals surface area contributed by atoms with Gasteiger partial charge in [-0.05, 0) is 24.3 Å². The van der Waals surface area contributed by atoms with Crippen LogP contribution in [0.1, 0.15) is 11.4 Å². The summed E-state index contributed by atoms with van der Waals surface area (Å²) in [5, 5.41) is 9.55. The van der Waals surface area contributed by atoms with Gasteiger partial charge in [0.05, 0.1) is 24.6 Å². The molecule has 2 aromatic rings. The summed E-state index contributed by atoms with van der Waals surface area (Å²) < 4.78 is 4.77. The molecular formula is C14H11N3O2. The first-order chi connectivity index (χ1) is 9.25. The molecule has 0 atom stereocenters. The second-order valence-electron chi connectivity index (χ2n) is 3.78. The number of rotatable bonds is 3. The Balaban J connectivity index is 2.70. The van der Waals surface area contributed by atoms with Crippen LogP contribution in [0.2, 0.25) is 0 Å². The summed E-state index contributed by atoms with van der Waals surface area (Å²) in [7, 11) is 1.24. The van der Waals surface area contributed by atoms with Gasteiger partial charge in [0.1, 0.15) is 0 Å². The average molecular weight is 253 g/mol. The van der Waals surface area contributed by atoms with Gasteiger partial charge in [0.25, 0.3) is 0 Å². The second kappa shape index (κ2) is 5.27. The molecule has 0 unspecified atom stereocenters. The van der Waals surface area contributed by atoms with Gasteiger partial charge in [-0.25, -0.2) is 4.79 Å². The molecule has 0 aliphatic heterocycles. The standard InChI is InChI=1S/C14H11N3O2/c1-19-13(18)14(10-15,11-6-2-4-8-16-11)12-7-3-5-9-17-12/h2-9H,1H3. The summed E-state index contributed by atoms with van der Waals surface area (Å²) >= 11 is 0. The molecule has 0 aliphatic carbocycles. The zero-order chi connectivity index (χ0) is 13.7. The Morgan fingerprint density at radius 2 is 1.68 bits per heavy atom. The number of ether oxygens (including phenoxy) is 1. The largest absolute Gasteiger partial charge is 0.467 e. The molecule has 0 amide bonds. The fourth-order valence-electron chi connectivity index (χ4n) is 1.82. The molecule has 2 aromatic heterocycles. The van der Waals surface area contributed by atoms with Crippen molar-refractivity contribution in [3.8, 4) is 6.07 Å². The lowest BCUT2D eigenvalue weighted by Gasteiger charge is -2.22. The molecular weight excluding hydrogens is 242 g/mol. The van der Waals surface area contributed by atoms with Crippen LogP contribution in [0.5, 0.6) is 0 Å². The van der Waals surface area contributed by atoms with Gasteiger partial charge in [0, 0.05) is 12.4 Å². The number of methoxy groups -OCH3 is 1. The van der Waals surface area contributed by atoms with E-state index in [1.165, 1.54) is 19.5 Å². The number of nitrogens with zero attached hydrogens (tertiary/aromatic N) is 3. The van der Waals surface area contributed by atoms with Crippen LogP contribution in [0.4, 0.5) is 0 Å². The maximum atomic E-state index is 12.1. The van der Waals surface area contributed by atoms with Gasteiger partial charge in [-0.2, -0.15) is 5.26 Å². The van der Waals surface area contributed by atoms with Crippen molar-refractivity contribution in [1.29, 1.82) is 5.26 Å². The summed E-state index contributed by atoms with van der Waals surface area (Å²) in [4.78, 5) is 20.3. The quantitative estimate of drug-likeness (QED) is 0.774. The maximum absolute atomic E-state index is 12.1. The molecule has 0 bridgehead atoms. The molecule has 0 saturated heterocycles. The molecule has 94 valence electrons. The van der Waals surface area contributed by atoms with Crippen LogP contribution in [0, 0.1) is 11.3 Å². The highest BCUT2D eigenvalue weighted by Crippen LogP contribution is 2.30. The highest BCUT2D eigenvalue weighted by molar-refractivity contribution is 5.90. The summed E-state index contributed by atoms with van der Waals surface area (Å²) in [5.74, 6) is -0.701. The molecule has 0 aliphatic rings. The van der Waals surface area contributed by atoms with E-state index in [1.807, 2.05) is 6.07 Å². The predicted octanol–water partition coefficient (Wildman–Crippen LogP) is 1.46. The van der Waals surface area contributed by atoms with Crippen molar-refractivity contribution in [2.24, 2.45) is 0 Å². The molecule has 19 heavy (non-hydrogen) atoms. The normalized spacial score (nSPS) is 10.5. The van der Waals surface area contributed by atoms with Gasteiger partial charge >= 0.3 is 5.97 Å². The van der Waals surface area contributed by atoms with Crippen molar-refractivity contribution >= 4 is 5.97 Å². The molecule has 2 heterocycles. The summed E-state index contributed by atoms with van der Waals surface area (Å²) in [6, 6.07) is 12.0. The van der Waals surface area contributed by atoms with E-state index in [4.69, 9.17) is 4.74 Å². The van der Waals surface area contributed by atoms with Crippen LogP contribution >= 0.6 is 0 Å². The monoisotopic (exact) mass is 253 g/mol. The topological polar surface area (TPSA) is 75.9 Å². The first kappa shape index (κ1) is 12.7. The van der Waals surface area contributed by atoms with E-state index in [1.54, 1.807) is 36.4 Å². The second-order valence-corrected chi connectivity index (χ2v) is 3.78. The lowest BCUT2D eigenvalue weighted by Crippen LogP contribution is -2.38. The third-order valence-corrected chi connectivity index (χ3v) is 2.76. The summed E-state index contributed by atoms with van der Waals surface area (Å²) in [6.07, 6.45) is 3.04. The van der Waals surface area contributed by atoms with Crippen molar-refractivity contribution in [3.05, 3.63) is 60.2 Å². The van der Waals surface area contributed by atoms with Crippen molar-refractivity contribution in [2.75, 3.05) is 7.11 Å². The minimum Gasteiger partial charge on any atom is -0.467 e. The number of carbonyl (C=O) groups excluding carboxylic acids is 1. The fourth-order valence-corrected chi connectivity index (χ4v) is 1.82. The summed E-state index contributed by atoms with van der Waals surface area (Å²) in [5.41, 5.74) is -1.05. The number of carbonyl (C=O) groups is 1. The van der Waals surface area contributed by atoms with E-state index in [0.29, 0.717) is 11.4 Å². The van der Waals surface area contributed by atoms with E-state index in [2.05, 4.69) is 9.97 Å². The van der Waals surface area contributed by atoms with Crippen LogP contribution in [0.15, 0.2) is 48.8 Å². The Morgan fingerprint density at radius 1 is 1.16 bits per heavy atom. The van der Waals surface area contributed by atoms with Gasteiger partial charge in [0.2, 0.25) is 5.41 Å². The molecule has 5 heteroatoms. The number of pyridine rings is 2. The third kappa shape index (κ3) is 2.04. The highest BCUT2D eigenvalue weighted by atomic mass is 16.5. The Bertz CT molecular complexity index is 566. The van der Waals surface area contributed by atoms with Gasteiger partial charge in [0.15, 0.2) is 0 Å². The first-order valence-electron chi connectivity index (χ1n) is 5.58. The predicted molar refractivity (Wildman–Crippen MR) is 66.9 cm³/mol. The molecule has 0 N–H and O–H groups in total. The Labute approximate surface area is 110 Å². The van der Waals surface area contributed by atoms with Crippen molar-refractivity contribution in [2.45, 2.75) is 5.41 Å². The zero-order valence-corrected chi connectivity index (χ0v) is 10.3. The number of hydrogen-bond acceptors (Lipinski definition) is 5. The Kier molecular flexibility index (Phi) is 3.53. The van der Waals surface area contributed by atoms with Gasteiger partial charge in [-0.3, -0.25) is 9.97 Å². The zero-order valence-electron chi connectivity index (χ0n) is 10.3. The van der Waals surface area contributed by atoms with Crippen molar-refractivity contribution in [1.82, 2.24) is 9.97 Å². The van der Waals surface area contributed by atoms with Crippen LogP contribution in [0.3, 0.4) is 0 Å². The van der Waals surface area contributed by atoms with Crippen LogP contribution in [-0.2, 0) is 14.9 Å². The molecule has 0 fully saturated rings. The van der Waals surface area contributed by atoms with Gasteiger partial charge in [-0.1, -0.05) is 12.1 Å². The fraction of sp³-hybridized carbons (Fsp3) is 0.143. The van der Waals surface area contributed by atoms with E-state index < -0.39 is 11.4 Å².